The molecule has 0 aliphatic carbocycles. The number of halogens is 1. The summed E-state index contributed by atoms with van der Waals surface area (Å²) in [7, 11) is -9.28. The van der Waals surface area contributed by atoms with Crippen molar-refractivity contribution in [1.82, 2.24) is 0 Å². The first-order valence-electron chi connectivity index (χ1n) is 5.35. The van der Waals surface area contributed by atoms with E-state index in [2.05, 4.69) is 4.74 Å². The quantitative estimate of drug-likeness (QED) is 0.608. The van der Waals surface area contributed by atoms with E-state index in [1.165, 1.54) is 19.1 Å². The molecule has 0 saturated heterocycles. The molecule has 1 rings (SSSR count). The molecular weight excluding hydrogens is 313 g/mol. The van der Waals surface area contributed by atoms with Crippen LogP contribution in [0.15, 0.2) is 29.2 Å². The molecule has 0 fully saturated rings. The molecule has 20 heavy (non-hydrogen) atoms. The maximum atomic E-state index is 13.0. The zero-order valence-electron chi connectivity index (χ0n) is 10.4. The molecule has 1 aromatic carbocycles. The first-order valence-corrected chi connectivity index (χ1v) is 8.39. The zero-order valence-corrected chi connectivity index (χ0v) is 12.0. The Bertz CT molecular complexity index is 698. The number of benzene rings is 1. The second-order valence-electron chi connectivity index (χ2n) is 3.60. The van der Waals surface area contributed by atoms with Crippen LogP contribution >= 0.6 is 0 Å². The molecule has 10 heteroatoms. The molecule has 1 N–H and O–H groups in total. The number of hydrogen-bond acceptors (Lipinski definition) is 6. The maximum absolute atomic E-state index is 13.0. The molecule has 0 unspecified atom stereocenters. The number of anilines is 1. The third kappa shape index (κ3) is 4.78. The molecule has 1 aromatic rings. The molecule has 7 nitrogen and oxygen atoms in total. The van der Waals surface area contributed by atoms with Gasteiger partial charge in [0.1, 0.15) is 4.90 Å². The first-order chi connectivity index (χ1) is 9.15. The van der Waals surface area contributed by atoms with Crippen molar-refractivity contribution in [3.8, 4) is 0 Å². The Balaban J connectivity index is 3.02. The average Bonchev–Trinajstić information content (AvgIpc) is 2.26. The van der Waals surface area contributed by atoms with Gasteiger partial charge >= 0.3 is 16.2 Å². The minimum absolute atomic E-state index is 0.00377. The van der Waals surface area contributed by atoms with Gasteiger partial charge in [-0.25, -0.2) is 8.42 Å². The Hall–Kier alpha value is -1.68. The van der Waals surface area contributed by atoms with E-state index < -0.39 is 42.6 Å². The van der Waals surface area contributed by atoms with Crippen LogP contribution < -0.4 is 4.72 Å². The van der Waals surface area contributed by atoms with Gasteiger partial charge in [0.25, 0.3) is 0 Å². The van der Waals surface area contributed by atoms with Gasteiger partial charge in [-0.05, 0) is 19.1 Å². The Labute approximate surface area is 116 Å². The standard InChI is InChI=1S/C10H12FNO6S2/c1-2-18-10(13)7-19(14,15)12-8-5-3-4-6-9(8)20(11,16)17/h3-6,12H,2,7H2,1H3. The number of carbonyl (C=O) groups is 1. The second kappa shape index (κ2) is 6.18. The van der Waals surface area contributed by atoms with E-state index in [0.29, 0.717) is 0 Å². The van der Waals surface area contributed by atoms with Gasteiger partial charge < -0.3 is 4.74 Å². The molecule has 0 aromatic heterocycles. The van der Waals surface area contributed by atoms with Crippen LogP contribution in [0, 0.1) is 0 Å². The van der Waals surface area contributed by atoms with Gasteiger partial charge in [0.15, 0.2) is 5.75 Å². The lowest BCUT2D eigenvalue weighted by Gasteiger charge is -2.09. The molecule has 0 amide bonds. The topological polar surface area (TPSA) is 107 Å². The molecule has 0 heterocycles. The summed E-state index contributed by atoms with van der Waals surface area (Å²) in [4.78, 5) is 10.3. The molecule has 0 spiro atoms. The summed E-state index contributed by atoms with van der Waals surface area (Å²) < 4.78 is 64.3. The molecule has 0 aliphatic rings. The Morgan fingerprint density at radius 1 is 1.25 bits per heavy atom. The SMILES string of the molecule is CCOC(=O)CS(=O)(=O)Nc1ccccc1S(=O)(=O)F. The zero-order chi connectivity index (χ0) is 15.4. The van der Waals surface area contributed by atoms with E-state index >= 15 is 0 Å². The first kappa shape index (κ1) is 16.4. The van der Waals surface area contributed by atoms with Gasteiger partial charge in [-0.1, -0.05) is 12.1 Å². The van der Waals surface area contributed by atoms with Crippen LogP contribution in [0.1, 0.15) is 6.92 Å². The van der Waals surface area contributed by atoms with Crippen molar-refractivity contribution in [2.75, 3.05) is 17.1 Å². The van der Waals surface area contributed by atoms with Crippen LogP contribution in [0.2, 0.25) is 0 Å². The van der Waals surface area contributed by atoms with Crippen LogP contribution in [-0.2, 0) is 29.8 Å². The van der Waals surface area contributed by atoms with Crippen LogP contribution in [-0.4, -0.2) is 35.2 Å². The fraction of sp³-hybridized carbons (Fsp3) is 0.300. The van der Waals surface area contributed by atoms with Crippen molar-refractivity contribution < 1.29 is 30.3 Å². The number of carbonyl (C=O) groups excluding carboxylic acids is 1. The summed E-state index contributed by atoms with van der Waals surface area (Å²) in [6.45, 7) is 1.51. The van der Waals surface area contributed by atoms with Gasteiger partial charge in [-0.15, -0.1) is 3.89 Å². The summed E-state index contributed by atoms with van der Waals surface area (Å²) in [5.74, 6) is -2.00. The van der Waals surface area contributed by atoms with Gasteiger partial charge in [0, 0.05) is 0 Å². The lowest BCUT2D eigenvalue weighted by atomic mass is 10.3. The predicted octanol–water partition coefficient (Wildman–Crippen LogP) is 0.650. The van der Waals surface area contributed by atoms with Crippen molar-refractivity contribution in [3.63, 3.8) is 0 Å². The van der Waals surface area contributed by atoms with E-state index in [0.717, 1.165) is 12.1 Å². The van der Waals surface area contributed by atoms with Gasteiger partial charge in [0.2, 0.25) is 10.0 Å². The second-order valence-corrected chi connectivity index (χ2v) is 6.64. The molecule has 0 atom stereocenters. The lowest BCUT2D eigenvalue weighted by Crippen LogP contribution is -2.25. The smallest absolute Gasteiger partial charge is 0.334 e. The highest BCUT2D eigenvalue weighted by Gasteiger charge is 2.22. The van der Waals surface area contributed by atoms with Crippen molar-refractivity contribution in [3.05, 3.63) is 24.3 Å². The summed E-state index contributed by atoms with van der Waals surface area (Å²) in [5.41, 5.74) is -0.473. The van der Waals surface area contributed by atoms with E-state index in [4.69, 9.17) is 0 Å². The number of nitrogens with one attached hydrogen (secondary N) is 1. The number of para-hydroxylation sites is 1. The summed E-state index contributed by atoms with van der Waals surface area (Å²) >= 11 is 0. The third-order valence-corrected chi connectivity index (χ3v) is 4.06. The highest BCUT2D eigenvalue weighted by molar-refractivity contribution is 7.93. The van der Waals surface area contributed by atoms with Crippen molar-refractivity contribution in [2.45, 2.75) is 11.8 Å². The number of ether oxygens (including phenoxy) is 1. The van der Waals surface area contributed by atoms with E-state index in [1.807, 2.05) is 4.72 Å². The fourth-order valence-corrected chi connectivity index (χ4v) is 2.99. The van der Waals surface area contributed by atoms with E-state index in [-0.39, 0.29) is 6.61 Å². The van der Waals surface area contributed by atoms with Gasteiger partial charge in [-0.3, -0.25) is 9.52 Å². The summed E-state index contributed by atoms with van der Waals surface area (Å²) in [5, 5.41) is 0. The number of sulfonamides is 1. The highest BCUT2D eigenvalue weighted by Crippen LogP contribution is 2.23. The van der Waals surface area contributed by atoms with Crippen LogP contribution in [0.3, 0.4) is 0 Å². The van der Waals surface area contributed by atoms with Crippen molar-refractivity contribution in [1.29, 1.82) is 0 Å². The van der Waals surface area contributed by atoms with E-state index in [9.17, 15) is 25.5 Å². The summed E-state index contributed by atoms with van der Waals surface area (Å²) in [6, 6.07) is 4.51. The van der Waals surface area contributed by atoms with Crippen LogP contribution in [0.5, 0.6) is 0 Å². The maximum Gasteiger partial charge on any atom is 0.334 e. The molecule has 0 bridgehead atoms. The number of esters is 1. The van der Waals surface area contributed by atoms with Crippen molar-refractivity contribution >= 4 is 31.9 Å². The highest BCUT2D eigenvalue weighted by atomic mass is 32.3. The Kier molecular flexibility index (Phi) is 5.06. The van der Waals surface area contributed by atoms with Gasteiger partial charge in [0.05, 0.1) is 12.3 Å². The van der Waals surface area contributed by atoms with Gasteiger partial charge in [-0.2, -0.15) is 8.42 Å². The fourth-order valence-electron chi connectivity index (χ4n) is 1.32. The Morgan fingerprint density at radius 2 is 1.85 bits per heavy atom. The lowest BCUT2D eigenvalue weighted by molar-refractivity contribution is -0.139. The minimum atomic E-state index is -5.09. The average molecular weight is 325 g/mol. The van der Waals surface area contributed by atoms with E-state index in [1.54, 1.807) is 0 Å². The van der Waals surface area contributed by atoms with Crippen LogP contribution in [0.25, 0.3) is 0 Å². The predicted molar refractivity (Wildman–Crippen MR) is 68.8 cm³/mol. The molecule has 112 valence electrons. The Morgan fingerprint density at radius 3 is 2.40 bits per heavy atom. The minimum Gasteiger partial charge on any atom is -0.465 e. The third-order valence-electron chi connectivity index (χ3n) is 2.03. The molecule has 0 saturated carbocycles. The van der Waals surface area contributed by atoms with Crippen molar-refractivity contribution in [2.24, 2.45) is 0 Å². The largest absolute Gasteiger partial charge is 0.465 e. The molecular formula is C10H12FNO6S2. The monoisotopic (exact) mass is 325 g/mol. The number of hydrogen-bond donors (Lipinski definition) is 1. The summed E-state index contributed by atoms with van der Waals surface area (Å²) in [6.07, 6.45) is 0. The number of rotatable bonds is 6. The molecule has 0 radical (unpaired) electrons. The molecule has 0 aliphatic heterocycles. The van der Waals surface area contributed by atoms with Crippen LogP contribution in [0.4, 0.5) is 9.57 Å². The normalized spacial score (nSPS) is 11.9.